The molecule has 18 heavy (non-hydrogen) atoms. The summed E-state index contributed by atoms with van der Waals surface area (Å²) in [6.07, 6.45) is 1.75. The van der Waals surface area contributed by atoms with E-state index in [0.717, 1.165) is 11.3 Å². The average Bonchev–Trinajstić information content (AvgIpc) is 2.35. The predicted octanol–water partition coefficient (Wildman–Crippen LogP) is 2.22. The number of rotatable bonds is 6. The molecule has 1 rings (SSSR count). The number of phenolic OH excluding ortho intramolecular Hbond substituents is 1. The summed E-state index contributed by atoms with van der Waals surface area (Å²) in [6, 6.07) is 5.03. The summed E-state index contributed by atoms with van der Waals surface area (Å²) in [5.74, 6) is 0.192. The van der Waals surface area contributed by atoms with E-state index in [1.807, 2.05) is 13.8 Å². The lowest BCUT2D eigenvalue weighted by atomic mass is 10.1. The van der Waals surface area contributed by atoms with E-state index in [-0.39, 0.29) is 18.3 Å². The molecule has 4 heteroatoms. The second kappa shape index (κ2) is 7.01. The van der Waals surface area contributed by atoms with Gasteiger partial charge in [-0.25, -0.2) is 0 Å². The number of aliphatic hydroxyl groups excluding tert-OH is 1. The highest BCUT2D eigenvalue weighted by Gasteiger charge is 2.15. The monoisotopic (exact) mass is 251 g/mol. The molecule has 0 radical (unpaired) electrons. The Kier molecular flexibility index (Phi) is 5.65. The molecule has 4 nitrogen and oxygen atoms in total. The molecule has 0 unspecified atom stereocenters. The van der Waals surface area contributed by atoms with Gasteiger partial charge in [0.25, 0.3) is 0 Å². The maximum absolute atomic E-state index is 12.1. The Morgan fingerprint density at radius 1 is 1.33 bits per heavy atom. The van der Waals surface area contributed by atoms with Gasteiger partial charge in [-0.1, -0.05) is 6.07 Å². The van der Waals surface area contributed by atoms with E-state index in [1.54, 1.807) is 23.1 Å². The number of carbonyl (C=O) groups excluding carboxylic acids is 1. The number of hydrogen-bond acceptors (Lipinski definition) is 3. The maximum atomic E-state index is 12.1. The van der Waals surface area contributed by atoms with Crippen LogP contribution in [0.2, 0.25) is 0 Å². The first kappa shape index (κ1) is 14.5. The van der Waals surface area contributed by atoms with Gasteiger partial charge in [0.2, 0.25) is 5.91 Å². The normalized spacial score (nSPS) is 10.4. The third-order valence-corrected chi connectivity index (χ3v) is 2.90. The molecule has 0 saturated carbocycles. The van der Waals surface area contributed by atoms with Crippen LogP contribution in [0.4, 0.5) is 5.69 Å². The number of hydrogen-bond donors (Lipinski definition) is 2. The zero-order chi connectivity index (χ0) is 13.5. The third kappa shape index (κ3) is 3.74. The van der Waals surface area contributed by atoms with Gasteiger partial charge in [-0.05, 0) is 38.3 Å². The van der Waals surface area contributed by atoms with Crippen molar-refractivity contribution in [3.63, 3.8) is 0 Å². The SMILES string of the molecule is CCN(C(=O)CCCCO)c1cc(O)ccc1C. The van der Waals surface area contributed by atoms with Crippen LogP contribution in [0.25, 0.3) is 0 Å². The molecule has 0 bridgehead atoms. The molecule has 0 aliphatic carbocycles. The number of aliphatic hydroxyl groups is 1. The number of carbonyl (C=O) groups is 1. The molecule has 1 aromatic carbocycles. The van der Waals surface area contributed by atoms with Gasteiger partial charge in [0.05, 0.1) is 5.69 Å². The third-order valence-electron chi connectivity index (χ3n) is 2.90. The molecule has 1 amide bonds. The fraction of sp³-hybridized carbons (Fsp3) is 0.500. The van der Waals surface area contributed by atoms with Gasteiger partial charge in [-0.2, -0.15) is 0 Å². The van der Waals surface area contributed by atoms with Crippen molar-refractivity contribution in [2.75, 3.05) is 18.1 Å². The summed E-state index contributed by atoms with van der Waals surface area (Å²) in [5, 5.41) is 18.2. The predicted molar refractivity (Wildman–Crippen MR) is 71.8 cm³/mol. The zero-order valence-electron chi connectivity index (χ0n) is 11.0. The average molecular weight is 251 g/mol. The van der Waals surface area contributed by atoms with Crippen LogP contribution in [0.15, 0.2) is 18.2 Å². The van der Waals surface area contributed by atoms with Crippen molar-refractivity contribution in [2.24, 2.45) is 0 Å². The van der Waals surface area contributed by atoms with Gasteiger partial charge in [0.15, 0.2) is 0 Å². The Hall–Kier alpha value is -1.55. The van der Waals surface area contributed by atoms with Gasteiger partial charge in [0.1, 0.15) is 5.75 Å². The number of nitrogens with zero attached hydrogens (tertiary/aromatic N) is 1. The first-order valence-corrected chi connectivity index (χ1v) is 6.31. The molecule has 0 heterocycles. The Labute approximate surface area is 108 Å². The quantitative estimate of drug-likeness (QED) is 0.762. The first-order valence-electron chi connectivity index (χ1n) is 6.31. The van der Waals surface area contributed by atoms with Gasteiger partial charge in [-0.15, -0.1) is 0 Å². The standard InChI is InChI=1S/C14H21NO3/c1-3-15(14(18)6-4-5-9-16)13-10-12(17)8-7-11(13)2/h7-8,10,16-17H,3-6,9H2,1-2H3. The number of unbranched alkanes of at least 4 members (excludes halogenated alkanes) is 1. The fourth-order valence-electron chi connectivity index (χ4n) is 1.89. The summed E-state index contributed by atoms with van der Waals surface area (Å²) >= 11 is 0. The highest BCUT2D eigenvalue weighted by Crippen LogP contribution is 2.25. The van der Waals surface area contributed by atoms with E-state index in [9.17, 15) is 9.90 Å². The highest BCUT2D eigenvalue weighted by atomic mass is 16.3. The van der Waals surface area contributed by atoms with Crippen molar-refractivity contribution in [3.8, 4) is 5.75 Å². The van der Waals surface area contributed by atoms with E-state index in [1.165, 1.54) is 0 Å². The smallest absolute Gasteiger partial charge is 0.226 e. The molecular weight excluding hydrogens is 230 g/mol. The zero-order valence-corrected chi connectivity index (χ0v) is 11.0. The molecule has 100 valence electrons. The minimum Gasteiger partial charge on any atom is -0.508 e. The lowest BCUT2D eigenvalue weighted by Crippen LogP contribution is -2.31. The Balaban J connectivity index is 2.81. The van der Waals surface area contributed by atoms with Crippen molar-refractivity contribution in [1.29, 1.82) is 0 Å². The Morgan fingerprint density at radius 2 is 2.06 bits per heavy atom. The second-order valence-corrected chi connectivity index (χ2v) is 4.29. The van der Waals surface area contributed by atoms with E-state index in [2.05, 4.69) is 0 Å². The summed E-state index contributed by atoms with van der Waals surface area (Å²) in [5.41, 5.74) is 1.72. The summed E-state index contributed by atoms with van der Waals surface area (Å²) in [7, 11) is 0. The van der Waals surface area contributed by atoms with Gasteiger partial charge >= 0.3 is 0 Å². The van der Waals surface area contributed by atoms with Crippen molar-refractivity contribution >= 4 is 11.6 Å². The minimum atomic E-state index is 0.0275. The lowest BCUT2D eigenvalue weighted by molar-refractivity contribution is -0.118. The largest absolute Gasteiger partial charge is 0.508 e. The van der Waals surface area contributed by atoms with Crippen molar-refractivity contribution in [3.05, 3.63) is 23.8 Å². The summed E-state index contributed by atoms with van der Waals surface area (Å²) in [4.78, 5) is 13.7. The van der Waals surface area contributed by atoms with Crippen molar-refractivity contribution in [1.82, 2.24) is 0 Å². The fourth-order valence-corrected chi connectivity index (χ4v) is 1.89. The van der Waals surface area contributed by atoms with Crippen LogP contribution in [0.3, 0.4) is 0 Å². The van der Waals surface area contributed by atoms with Crippen molar-refractivity contribution in [2.45, 2.75) is 33.1 Å². The first-order chi connectivity index (χ1) is 8.60. The molecule has 0 saturated heterocycles. The van der Waals surface area contributed by atoms with E-state index in [0.29, 0.717) is 25.8 Å². The molecule has 0 atom stereocenters. The van der Waals surface area contributed by atoms with Crippen LogP contribution >= 0.6 is 0 Å². The van der Waals surface area contributed by atoms with Gasteiger partial charge < -0.3 is 15.1 Å². The van der Waals surface area contributed by atoms with Gasteiger partial charge in [-0.3, -0.25) is 4.79 Å². The maximum Gasteiger partial charge on any atom is 0.226 e. The van der Waals surface area contributed by atoms with Crippen LogP contribution in [0.5, 0.6) is 5.75 Å². The van der Waals surface area contributed by atoms with E-state index >= 15 is 0 Å². The topological polar surface area (TPSA) is 60.8 Å². The lowest BCUT2D eigenvalue weighted by Gasteiger charge is -2.23. The molecular formula is C14H21NO3. The molecule has 0 aliphatic rings. The number of benzene rings is 1. The van der Waals surface area contributed by atoms with Gasteiger partial charge in [0, 0.05) is 25.6 Å². The van der Waals surface area contributed by atoms with Crippen LogP contribution in [0.1, 0.15) is 31.7 Å². The number of amides is 1. The van der Waals surface area contributed by atoms with E-state index < -0.39 is 0 Å². The molecule has 0 aromatic heterocycles. The summed E-state index contributed by atoms with van der Waals surface area (Å²) < 4.78 is 0. The number of aryl methyl sites for hydroxylation is 1. The minimum absolute atomic E-state index is 0.0275. The number of phenols is 1. The van der Waals surface area contributed by atoms with E-state index in [4.69, 9.17) is 5.11 Å². The van der Waals surface area contributed by atoms with Crippen LogP contribution in [-0.4, -0.2) is 29.3 Å². The van der Waals surface area contributed by atoms with Crippen molar-refractivity contribution < 1.29 is 15.0 Å². The molecule has 0 fully saturated rings. The molecule has 2 N–H and O–H groups in total. The summed E-state index contributed by atoms with van der Waals surface area (Å²) in [6.45, 7) is 4.51. The Bertz CT molecular complexity index is 404. The van der Waals surface area contributed by atoms with Crippen LogP contribution in [0, 0.1) is 6.92 Å². The molecule has 0 aliphatic heterocycles. The Morgan fingerprint density at radius 3 is 2.67 bits per heavy atom. The second-order valence-electron chi connectivity index (χ2n) is 4.29. The number of anilines is 1. The van der Waals surface area contributed by atoms with Crippen LogP contribution in [-0.2, 0) is 4.79 Å². The highest BCUT2D eigenvalue weighted by molar-refractivity contribution is 5.94. The molecule has 0 spiro atoms. The van der Waals surface area contributed by atoms with Crippen LogP contribution < -0.4 is 4.90 Å². The molecule has 1 aromatic rings. The number of aromatic hydroxyl groups is 1.